The number of carbonyl (C=O) groups is 8. The Bertz CT molecular complexity index is 2120. The molecule has 6 rings (SSSR count). The standard InChI is InChI=1S/C41H47NO19/c1-18-19(2)35(48)60-32-30(56-21(4)44)34(59-24(7)47)40(17-54-37(50)26-13-11-15-52-26)33(58-23(6)46)29(55-20(3)43)27-31(57-22(5)45)41(40,39(32,9)51)61-38(27,8)16-53-36(49)25-12-10-14-42-28(18)25/h10-15,18-19,27,29-34,51H,16-17H2,1-9H3/t18-,19+,27-,29-,30+,31-,32+,33-,34+,38+,39+,40-,41+/m1/s1. The lowest BCUT2D eigenvalue weighted by Gasteiger charge is -2.67. The molecule has 4 heterocycles. The van der Waals surface area contributed by atoms with Crippen molar-refractivity contribution in [2.75, 3.05) is 13.2 Å². The highest BCUT2D eigenvalue weighted by atomic mass is 16.7. The van der Waals surface area contributed by atoms with Crippen molar-refractivity contribution in [1.82, 2.24) is 4.98 Å². The summed E-state index contributed by atoms with van der Waals surface area (Å²) in [5, 5.41) is 13.6. The molecule has 1 spiro atoms. The van der Waals surface area contributed by atoms with Crippen LogP contribution in [0.4, 0.5) is 0 Å². The van der Waals surface area contributed by atoms with Crippen LogP contribution in [0, 0.1) is 17.3 Å². The van der Waals surface area contributed by atoms with E-state index < -0.39 is 138 Å². The normalized spacial score (nSPS) is 36.5. The van der Waals surface area contributed by atoms with E-state index >= 15 is 0 Å². The van der Waals surface area contributed by atoms with Crippen LogP contribution in [0.2, 0.25) is 0 Å². The topological polar surface area (TPSA) is 266 Å². The predicted octanol–water partition coefficient (Wildman–Crippen LogP) is 1.92. The fourth-order valence-electron chi connectivity index (χ4n) is 9.68. The molecule has 2 aliphatic carbocycles. The molecule has 20 heteroatoms. The highest BCUT2D eigenvalue weighted by molar-refractivity contribution is 5.91. The van der Waals surface area contributed by atoms with Gasteiger partial charge in [0.25, 0.3) is 0 Å². The van der Waals surface area contributed by atoms with E-state index in [0.717, 1.165) is 47.8 Å². The van der Waals surface area contributed by atoms with E-state index in [1.807, 2.05) is 0 Å². The van der Waals surface area contributed by atoms with Crippen LogP contribution in [0.3, 0.4) is 0 Å². The first-order valence-corrected chi connectivity index (χ1v) is 19.4. The lowest BCUT2D eigenvalue weighted by atomic mass is 9.45. The van der Waals surface area contributed by atoms with Crippen LogP contribution in [0.5, 0.6) is 0 Å². The van der Waals surface area contributed by atoms with Crippen molar-refractivity contribution < 1.29 is 90.5 Å². The second-order valence-corrected chi connectivity index (χ2v) is 16.1. The molecule has 2 aromatic heterocycles. The number of aliphatic hydroxyl groups is 1. The van der Waals surface area contributed by atoms with Crippen LogP contribution < -0.4 is 0 Å². The number of carbonyl (C=O) groups excluding carboxylic acids is 8. The number of ether oxygens (including phenoxy) is 9. The zero-order valence-electron chi connectivity index (χ0n) is 34.8. The van der Waals surface area contributed by atoms with E-state index in [0.29, 0.717) is 0 Å². The van der Waals surface area contributed by atoms with Crippen molar-refractivity contribution >= 4 is 47.8 Å². The Morgan fingerprint density at radius 3 is 1.93 bits per heavy atom. The summed E-state index contributed by atoms with van der Waals surface area (Å²) in [6, 6.07) is 5.50. The largest absolute Gasteiger partial charge is 0.459 e. The average Bonchev–Trinajstić information content (AvgIpc) is 3.79. The number of aromatic nitrogens is 1. The number of nitrogens with zero attached hydrogens (tertiary/aromatic N) is 1. The fraction of sp³-hybridized carbons (Fsp3) is 0.585. The van der Waals surface area contributed by atoms with E-state index in [9.17, 15) is 43.5 Å². The molecule has 4 bridgehead atoms. The molecular formula is C41H47NO19. The summed E-state index contributed by atoms with van der Waals surface area (Å²) in [5.41, 5.74) is -10.4. The van der Waals surface area contributed by atoms with E-state index in [4.69, 9.17) is 47.0 Å². The molecule has 0 aromatic carbocycles. The Kier molecular flexibility index (Phi) is 11.8. The highest BCUT2D eigenvalue weighted by Crippen LogP contribution is 2.70. The molecule has 4 aliphatic rings. The van der Waals surface area contributed by atoms with Gasteiger partial charge in [0.1, 0.15) is 42.0 Å². The maximum absolute atomic E-state index is 14.5. The molecule has 330 valence electrons. The van der Waals surface area contributed by atoms with Crippen LogP contribution in [0.1, 0.15) is 94.8 Å². The summed E-state index contributed by atoms with van der Waals surface area (Å²) >= 11 is 0. The lowest BCUT2D eigenvalue weighted by Crippen LogP contribution is -2.89. The molecule has 1 saturated heterocycles. The number of cyclic esters (lactones) is 1. The fourth-order valence-corrected chi connectivity index (χ4v) is 9.68. The van der Waals surface area contributed by atoms with E-state index in [2.05, 4.69) is 4.98 Å². The van der Waals surface area contributed by atoms with Crippen molar-refractivity contribution in [2.24, 2.45) is 17.3 Å². The van der Waals surface area contributed by atoms with Gasteiger partial charge in [-0.15, -0.1) is 0 Å². The van der Waals surface area contributed by atoms with Crippen molar-refractivity contribution in [1.29, 1.82) is 0 Å². The van der Waals surface area contributed by atoms with Gasteiger partial charge in [0.05, 0.1) is 29.4 Å². The quantitative estimate of drug-likeness (QED) is 0.293. The van der Waals surface area contributed by atoms with Crippen molar-refractivity contribution in [2.45, 2.75) is 122 Å². The van der Waals surface area contributed by atoms with Gasteiger partial charge in [0.2, 0.25) is 5.76 Å². The lowest BCUT2D eigenvalue weighted by molar-refractivity contribution is -0.386. The second-order valence-electron chi connectivity index (χ2n) is 16.1. The minimum absolute atomic E-state index is 0.0561. The molecule has 20 nitrogen and oxygen atoms in total. The van der Waals surface area contributed by atoms with Gasteiger partial charge in [0, 0.05) is 46.7 Å². The number of furan rings is 1. The van der Waals surface area contributed by atoms with Crippen LogP contribution in [0.25, 0.3) is 0 Å². The molecule has 13 atom stereocenters. The third-order valence-corrected chi connectivity index (χ3v) is 12.1. The maximum atomic E-state index is 14.5. The summed E-state index contributed by atoms with van der Waals surface area (Å²) in [7, 11) is 0. The van der Waals surface area contributed by atoms with Crippen molar-refractivity contribution in [3.05, 3.63) is 53.7 Å². The first-order chi connectivity index (χ1) is 28.5. The molecule has 1 N–H and O–H groups in total. The van der Waals surface area contributed by atoms with E-state index in [-0.39, 0.29) is 17.0 Å². The van der Waals surface area contributed by atoms with Crippen LogP contribution >= 0.6 is 0 Å². The summed E-state index contributed by atoms with van der Waals surface area (Å²) < 4.78 is 60.2. The van der Waals surface area contributed by atoms with E-state index in [1.54, 1.807) is 6.92 Å². The monoisotopic (exact) mass is 857 g/mol. The Balaban J connectivity index is 1.79. The number of rotatable bonds is 8. The Hall–Kier alpha value is -5.89. The Labute approximate surface area is 348 Å². The zero-order valence-corrected chi connectivity index (χ0v) is 34.8. The van der Waals surface area contributed by atoms with Gasteiger partial charge in [-0.2, -0.15) is 0 Å². The van der Waals surface area contributed by atoms with Crippen LogP contribution in [0.15, 0.2) is 41.1 Å². The number of hydrogen-bond acceptors (Lipinski definition) is 20. The van der Waals surface area contributed by atoms with Gasteiger partial charge in [-0.1, -0.05) is 13.8 Å². The minimum Gasteiger partial charge on any atom is -0.459 e. The smallest absolute Gasteiger partial charge is 0.374 e. The first kappa shape index (κ1) is 44.7. The van der Waals surface area contributed by atoms with Gasteiger partial charge in [-0.25, -0.2) is 9.59 Å². The molecule has 0 amide bonds. The SMILES string of the molecule is CC(=O)O[C@@H]1[C@@H]2[C@@H](OC(C)=O)[C@@]34O[C@@]2(C)COC(=O)c2cccnc2[C@H](C)[C@H](C)C(=O)O[C@@H]([C@H](OC(C)=O)[C@H](OC(C)=O)[C@@]3(COC(=O)c2ccco2)[C@@H]1OC(C)=O)[C@]4(C)O. The Morgan fingerprint density at radius 2 is 1.36 bits per heavy atom. The first-order valence-electron chi connectivity index (χ1n) is 19.4. The summed E-state index contributed by atoms with van der Waals surface area (Å²) in [4.78, 5) is 113. The summed E-state index contributed by atoms with van der Waals surface area (Å²) in [6.45, 7) is 8.44. The summed E-state index contributed by atoms with van der Waals surface area (Å²) in [6.07, 6.45) is -9.72. The third-order valence-electron chi connectivity index (χ3n) is 12.1. The summed E-state index contributed by atoms with van der Waals surface area (Å²) in [5.74, 6) is -12.5. The predicted molar refractivity (Wildman–Crippen MR) is 198 cm³/mol. The molecule has 2 aromatic rings. The number of fused-ring (bicyclic) bond motifs is 5. The van der Waals surface area contributed by atoms with Crippen LogP contribution in [-0.2, 0) is 71.4 Å². The number of hydrogen-bond donors (Lipinski definition) is 1. The minimum atomic E-state index is -2.88. The average molecular weight is 858 g/mol. The molecular weight excluding hydrogens is 810 g/mol. The number of pyridine rings is 1. The van der Waals surface area contributed by atoms with Gasteiger partial charge >= 0.3 is 47.8 Å². The molecule has 0 unspecified atom stereocenters. The third kappa shape index (κ3) is 7.28. The van der Waals surface area contributed by atoms with Gasteiger partial charge in [-0.05, 0) is 38.1 Å². The van der Waals surface area contributed by atoms with Gasteiger partial charge < -0.3 is 52.2 Å². The zero-order chi connectivity index (χ0) is 45.0. The molecule has 2 aliphatic heterocycles. The van der Waals surface area contributed by atoms with Crippen LogP contribution in [-0.4, -0.2) is 124 Å². The molecule has 3 fully saturated rings. The second kappa shape index (κ2) is 16.2. The Morgan fingerprint density at radius 1 is 0.787 bits per heavy atom. The molecule has 0 radical (unpaired) electrons. The van der Waals surface area contributed by atoms with E-state index in [1.165, 1.54) is 44.3 Å². The number of esters is 8. The maximum Gasteiger partial charge on any atom is 0.374 e. The molecule has 61 heavy (non-hydrogen) atoms. The molecule has 2 saturated carbocycles. The van der Waals surface area contributed by atoms with Gasteiger partial charge in [-0.3, -0.25) is 33.8 Å². The highest BCUT2D eigenvalue weighted by Gasteiger charge is 2.92. The van der Waals surface area contributed by atoms with Crippen molar-refractivity contribution in [3.63, 3.8) is 0 Å². The van der Waals surface area contributed by atoms with Gasteiger partial charge in [0.15, 0.2) is 30.0 Å². The van der Waals surface area contributed by atoms with Crippen molar-refractivity contribution in [3.8, 4) is 0 Å².